The van der Waals surface area contributed by atoms with Crippen molar-refractivity contribution in [3.8, 4) is 5.75 Å². The van der Waals surface area contributed by atoms with Crippen molar-refractivity contribution < 1.29 is 17.9 Å². The van der Waals surface area contributed by atoms with Gasteiger partial charge in [0.05, 0.1) is 11.9 Å². The Kier molecular flexibility index (Phi) is 8.12. The van der Waals surface area contributed by atoms with E-state index in [-0.39, 0.29) is 5.91 Å². The van der Waals surface area contributed by atoms with E-state index in [2.05, 4.69) is 17.1 Å². The van der Waals surface area contributed by atoms with Gasteiger partial charge in [0.1, 0.15) is 5.75 Å². The predicted molar refractivity (Wildman–Crippen MR) is 112 cm³/mol. The molecule has 1 fully saturated rings. The summed E-state index contributed by atoms with van der Waals surface area (Å²) < 4.78 is 30.0. The molecule has 1 aliphatic heterocycles. The normalized spacial score (nSPS) is 19.1. The second-order valence-corrected chi connectivity index (χ2v) is 9.69. The monoisotopic (exact) mass is 411 g/mol. The Morgan fingerprint density at radius 2 is 2.04 bits per heavy atom. The van der Waals surface area contributed by atoms with Crippen molar-refractivity contribution in [2.45, 2.75) is 39.2 Å². The molecule has 7 nitrogen and oxygen atoms in total. The Bertz CT molecular complexity index is 736. The van der Waals surface area contributed by atoms with E-state index in [4.69, 9.17) is 4.74 Å². The number of nitrogens with zero attached hydrogens (tertiary/aromatic N) is 2. The van der Waals surface area contributed by atoms with Crippen LogP contribution in [-0.2, 0) is 14.8 Å². The lowest BCUT2D eigenvalue weighted by atomic mass is 10.0. The second kappa shape index (κ2) is 10.1. The van der Waals surface area contributed by atoms with Gasteiger partial charge in [0.25, 0.3) is 5.91 Å². The standard InChI is InChI=1S/C20H33N3O4S/c1-16-7-5-13-23(15-16)14-6-12-21-20(24)17(2)27-19-10-8-18(9-11-19)22(3)28(4,25)26/h8-11,16-17H,5-7,12-15H2,1-4H3,(H,21,24)/t16-,17+/m1/s1. The van der Waals surface area contributed by atoms with Crippen LogP contribution in [0.4, 0.5) is 5.69 Å². The topological polar surface area (TPSA) is 79.0 Å². The average molecular weight is 412 g/mol. The van der Waals surface area contributed by atoms with Gasteiger partial charge in [-0.3, -0.25) is 9.10 Å². The van der Waals surface area contributed by atoms with Gasteiger partial charge < -0.3 is 15.0 Å². The van der Waals surface area contributed by atoms with Gasteiger partial charge in [0.15, 0.2) is 6.10 Å². The van der Waals surface area contributed by atoms with Crippen molar-refractivity contribution >= 4 is 21.6 Å². The molecular weight excluding hydrogens is 378 g/mol. The highest BCUT2D eigenvalue weighted by atomic mass is 32.2. The highest BCUT2D eigenvalue weighted by molar-refractivity contribution is 7.92. The Balaban J connectivity index is 1.73. The number of anilines is 1. The Hall–Kier alpha value is -1.80. The molecule has 8 heteroatoms. The minimum atomic E-state index is -3.30. The predicted octanol–water partition coefficient (Wildman–Crippen LogP) is 2.09. The number of carbonyl (C=O) groups excluding carboxylic acids is 1. The van der Waals surface area contributed by atoms with Gasteiger partial charge in [-0.15, -0.1) is 0 Å². The molecule has 0 unspecified atom stereocenters. The smallest absolute Gasteiger partial charge is 0.260 e. The number of ether oxygens (including phenoxy) is 1. The summed E-state index contributed by atoms with van der Waals surface area (Å²) in [5, 5.41) is 2.92. The molecule has 1 amide bonds. The summed E-state index contributed by atoms with van der Waals surface area (Å²) in [5.74, 6) is 1.14. The van der Waals surface area contributed by atoms with Crippen molar-refractivity contribution in [2.75, 3.05) is 43.8 Å². The Morgan fingerprint density at radius 3 is 2.64 bits per heavy atom. The molecule has 0 radical (unpaired) electrons. The van der Waals surface area contributed by atoms with Gasteiger partial charge in [-0.25, -0.2) is 8.42 Å². The fraction of sp³-hybridized carbons (Fsp3) is 0.650. The van der Waals surface area contributed by atoms with E-state index in [1.807, 2.05) is 0 Å². The Morgan fingerprint density at radius 1 is 1.36 bits per heavy atom. The van der Waals surface area contributed by atoms with Crippen LogP contribution in [0.25, 0.3) is 0 Å². The molecule has 0 spiro atoms. The number of hydrogen-bond acceptors (Lipinski definition) is 5. The van der Waals surface area contributed by atoms with E-state index in [9.17, 15) is 13.2 Å². The number of nitrogens with one attached hydrogen (secondary N) is 1. The van der Waals surface area contributed by atoms with Gasteiger partial charge in [-0.1, -0.05) is 6.92 Å². The number of amides is 1. The summed E-state index contributed by atoms with van der Waals surface area (Å²) in [7, 11) is -1.81. The number of likely N-dealkylation sites (tertiary alicyclic amines) is 1. The summed E-state index contributed by atoms with van der Waals surface area (Å²) >= 11 is 0. The maximum absolute atomic E-state index is 12.2. The third kappa shape index (κ3) is 6.98. The first-order valence-electron chi connectivity index (χ1n) is 9.87. The SMILES string of the molecule is C[C@@H]1CCCN(CCCNC(=O)[C@H](C)Oc2ccc(N(C)S(C)(=O)=O)cc2)C1. The van der Waals surface area contributed by atoms with Crippen LogP contribution < -0.4 is 14.4 Å². The first-order chi connectivity index (χ1) is 13.2. The first kappa shape index (κ1) is 22.5. The van der Waals surface area contributed by atoms with Crippen molar-refractivity contribution in [1.82, 2.24) is 10.2 Å². The second-order valence-electron chi connectivity index (χ2n) is 7.68. The number of piperidine rings is 1. The minimum absolute atomic E-state index is 0.149. The first-order valence-corrected chi connectivity index (χ1v) is 11.7. The maximum Gasteiger partial charge on any atom is 0.260 e. The van der Waals surface area contributed by atoms with Crippen molar-refractivity contribution in [2.24, 2.45) is 5.92 Å². The zero-order chi connectivity index (χ0) is 20.7. The van der Waals surface area contributed by atoms with Crippen LogP contribution in [0.3, 0.4) is 0 Å². The van der Waals surface area contributed by atoms with Crippen LogP contribution in [0.1, 0.15) is 33.1 Å². The summed E-state index contributed by atoms with van der Waals surface area (Å²) in [5.41, 5.74) is 0.541. The van der Waals surface area contributed by atoms with Crippen molar-refractivity contribution in [1.29, 1.82) is 0 Å². The summed E-state index contributed by atoms with van der Waals surface area (Å²) in [6, 6.07) is 6.64. The van der Waals surface area contributed by atoms with E-state index in [1.165, 1.54) is 24.2 Å². The lowest BCUT2D eigenvalue weighted by Gasteiger charge is -2.30. The third-order valence-corrected chi connectivity index (χ3v) is 6.28. The lowest BCUT2D eigenvalue weighted by molar-refractivity contribution is -0.127. The molecule has 1 aromatic carbocycles. The fourth-order valence-electron chi connectivity index (χ4n) is 3.33. The quantitative estimate of drug-likeness (QED) is 0.630. The van der Waals surface area contributed by atoms with E-state index in [0.29, 0.717) is 18.0 Å². The minimum Gasteiger partial charge on any atom is -0.481 e. The zero-order valence-corrected chi connectivity index (χ0v) is 18.2. The molecule has 2 atom stereocenters. The number of hydrogen-bond donors (Lipinski definition) is 1. The van der Waals surface area contributed by atoms with Crippen LogP contribution >= 0.6 is 0 Å². The molecule has 158 valence electrons. The highest BCUT2D eigenvalue weighted by Crippen LogP contribution is 2.21. The van der Waals surface area contributed by atoms with Gasteiger partial charge in [0.2, 0.25) is 10.0 Å². The number of benzene rings is 1. The molecule has 1 aliphatic rings. The summed E-state index contributed by atoms with van der Waals surface area (Å²) in [6.45, 7) is 7.95. The van der Waals surface area contributed by atoms with Crippen LogP contribution in [0.15, 0.2) is 24.3 Å². The van der Waals surface area contributed by atoms with Gasteiger partial charge in [0, 0.05) is 20.1 Å². The van der Waals surface area contributed by atoms with Crippen LogP contribution in [-0.4, -0.2) is 64.8 Å². The van der Waals surface area contributed by atoms with Gasteiger partial charge in [-0.2, -0.15) is 0 Å². The molecule has 0 saturated carbocycles. The third-order valence-electron chi connectivity index (χ3n) is 5.07. The van der Waals surface area contributed by atoms with E-state index >= 15 is 0 Å². The highest BCUT2D eigenvalue weighted by Gasteiger charge is 2.17. The molecule has 2 rings (SSSR count). The van der Waals surface area contributed by atoms with E-state index < -0.39 is 16.1 Å². The molecular formula is C20H33N3O4S. The van der Waals surface area contributed by atoms with Crippen LogP contribution in [0.2, 0.25) is 0 Å². The molecule has 1 aromatic rings. The van der Waals surface area contributed by atoms with Crippen molar-refractivity contribution in [3.05, 3.63) is 24.3 Å². The van der Waals surface area contributed by atoms with Gasteiger partial charge in [-0.05, 0) is 69.5 Å². The largest absolute Gasteiger partial charge is 0.481 e. The number of carbonyl (C=O) groups is 1. The maximum atomic E-state index is 12.2. The van der Waals surface area contributed by atoms with Crippen molar-refractivity contribution in [3.63, 3.8) is 0 Å². The molecule has 1 heterocycles. The Labute approximate surface area is 169 Å². The molecule has 0 bridgehead atoms. The van der Waals surface area contributed by atoms with E-state index in [1.54, 1.807) is 31.2 Å². The zero-order valence-electron chi connectivity index (χ0n) is 17.3. The van der Waals surface area contributed by atoms with Crippen LogP contribution in [0.5, 0.6) is 5.75 Å². The van der Waals surface area contributed by atoms with Crippen LogP contribution in [0, 0.1) is 5.92 Å². The summed E-state index contributed by atoms with van der Waals surface area (Å²) in [6.07, 6.45) is 4.03. The lowest BCUT2D eigenvalue weighted by Crippen LogP contribution is -2.39. The van der Waals surface area contributed by atoms with Gasteiger partial charge >= 0.3 is 0 Å². The van der Waals surface area contributed by atoms with E-state index in [0.717, 1.165) is 38.2 Å². The molecule has 1 N–H and O–H groups in total. The molecule has 0 aliphatic carbocycles. The number of sulfonamides is 1. The average Bonchev–Trinajstić information content (AvgIpc) is 2.64. The fourth-order valence-corrected chi connectivity index (χ4v) is 3.84. The summed E-state index contributed by atoms with van der Waals surface area (Å²) in [4.78, 5) is 14.7. The number of rotatable bonds is 9. The molecule has 1 saturated heterocycles. The molecule has 0 aromatic heterocycles. The molecule has 28 heavy (non-hydrogen) atoms.